The van der Waals surface area contributed by atoms with E-state index in [4.69, 9.17) is 17.3 Å². The Balaban J connectivity index is 2.03. The highest BCUT2D eigenvalue weighted by atomic mass is 35.5. The predicted octanol–water partition coefficient (Wildman–Crippen LogP) is 3.04. The molecule has 3 atom stereocenters. The summed E-state index contributed by atoms with van der Waals surface area (Å²) in [6.07, 6.45) is 1.77. The summed E-state index contributed by atoms with van der Waals surface area (Å²) >= 11 is 6.04. The highest BCUT2D eigenvalue weighted by Gasteiger charge is 2.41. The lowest BCUT2D eigenvalue weighted by Crippen LogP contribution is -2.38. The fourth-order valence-corrected chi connectivity index (χ4v) is 2.37. The molecule has 3 N–H and O–H groups in total. The third-order valence-corrected chi connectivity index (χ3v) is 3.77. The molecular formula is C14H19ClFN3. The van der Waals surface area contributed by atoms with Crippen molar-refractivity contribution in [1.82, 2.24) is 5.32 Å². The number of halogens is 2. The zero-order valence-corrected chi connectivity index (χ0v) is 11.9. The van der Waals surface area contributed by atoms with Crippen LogP contribution in [0.2, 0.25) is 5.02 Å². The second-order valence-corrected chi connectivity index (χ2v) is 5.42. The first kappa shape index (κ1) is 14.1. The molecule has 0 heterocycles. The van der Waals surface area contributed by atoms with E-state index in [2.05, 4.69) is 17.2 Å². The van der Waals surface area contributed by atoms with Gasteiger partial charge in [0, 0.05) is 22.5 Å². The van der Waals surface area contributed by atoms with E-state index in [1.807, 2.05) is 6.92 Å². The molecule has 0 amide bonds. The van der Waals surface area contributed by atoms with E-state index < -0.39 is 0 Å². The molecule has 1 aliphatic carbocycles. The Morgan fingerprint density at radius 1 is 1.63 bits per heavy atom. The van der Waals surface area contributed by atoms with Crippen LogP contribution in [0.3, 0.4) is 0 Å². The molecule has 0 saturated heterocycles. The Morgan fingerprint density at radius 2 is 2.37 bits per heavy atom. The summed E-state index contributed by atoms with van der Waals surface area (Å²) in [7, 11) is 0. The van der Waals surface area contributed by atoms with E-state index in [1.165, 1.54) is 6.07 Å². The lowest BCUT2D eigenvalue weighted by atomic mass is 10.1. The van der Waals surface area contributed by atoms with Crippen LogP contribution in [-0.4, -0.2) is 18.0 Å². The minimum absolute atomic E-state index is 0.0333. The molecule has 2 rings (SSSR count). The van der Waals surface area contributed by atoms with Crippen LogP contribution >= 0.6 is 11.6 Å². The summed E-state index contributed by atoms with van der Waals surface area (Å²) in [5.41, 5.74) is 6.38. The minimum atomic E-state index is -0.261. The van der Waals surface area contributed by atoms with Gasteiger partial charge in [0.2, 0.25) is 0 Å². The molecule has 3 nitrogen and oxygen atoms in total. The third kappa shape index (κ3) is 3.38. The van der Waals surface area contributed by atoms with Crippen molar-refractivity contribution >= 4 is 17.6 Å². The van der Waals surface area contributed by atoms with Gasteiger partial charge in [-0.15, -0.1) is 0 Å². The Morgan fingerprint density at radius 3 is 3.00 bits per heavy atom. The van der Waals surface area contributed by atoms with Gasteiger partial charge in [0.15, 0.2) is 5.96 Å². The van der Waals surface area contributed by atoms with E-state index >= 15 is 0 Å². The quantitative estimate of drug-likeness (QED) is 0.659. The van der Waals surface area contributed by atoms with Gasteiger partial charge < -0.3 is 11.1 Å². The molecule has 19 heavy (non-hydrogen) atoms. The molecule has 104 valence electrons. The maximum Gasteiger partial charge on any atom is 0.189 e. The first-order valence-corrected chi connectivity index (χ1v) is 6.94. The molecule has 1 saturated carbocycles. The molecule has 1 aromatic rings. The monoisotopic (exact) mass is 283 g/mol. The van der Waals surface area contributed by atoms with Crippen molar-refractivity contribution in [3.8, 4) is 0 Å². The van der Waals surface area contributed by atoms with Crippen molar-refractivity contribution < 1.29 is 4.39 Å². The van der Waals surface area contributed by atoms with Gasteiger partial charge in [0.25, 0.3) is 0 Å². The van der Waals surface area contributed by atoms with E-state index in [0.29, 0.717) is 16.5 Å². The SMILES string of the molecule is CCC(C)NC(N)=N[C@@H]1C[C@H]1c1c(F)cccc1Cl. The van der Waals surface area contributed by atoms with Gasteiger partial charge in [-0.1, -0.05) is 24.6 Å². The van der Waals surface area contributed by atoms with Crippen LogP contribution in [0.5, 0.6) is 0 Å². The normalized spacial score (nSPS) is 24.1. The highest BCUT2D eigenvalue weighted by molar-refractivity contribution is 6.31. The van der Waals surface area contributed by atoms with Crippen LogP contribution in [0.1, 0.15) is 38.2 Å². The van der Waals surface area contributed by atoms with Crippen LogP contribution in [-0.2, 0) is 0 Å². The van der Waals surface area contributed by atoms with Crippen LogP contribution < -0.4 is 11.1 Å². The maximum absolute atomic E-state index is 13.7. The van der Waals surface area contributed by atoms with E-state index in [-0.39, 0.29) is 23.8 Å². The molecule has 1 fully saturated rings. The lowest BCUT2D eigenvalue weighted by Gasteiger charge is -2.11. The maximum atomic E-state index is 13.7. The summed E-state index contributed by atoms with van der Waals surface area (Å²) in [4.78, 5) is 4.37. The Hall–Kier alpha value is -1.29. The number of nitrogens with two attached hydrogens (primary N) is 1. The first-order valence-electron chi connectivity index (χ1n) is 6.56. The zero-order chi connectivity index (χ0) is 14.0. The van der Waals surface area contributed by atoms with Crippen LogP contribution in [0.15, 0.2) is 23.2 Å². The lowest BCUT2D eigenvalue weighted by molar-refractivity contribution is 0.609. The number of benzene rings is 1. The van der Waals surface area contributed by atoms with Gasteiger partial charge in [-0.2, -0.15) is 0 Å². The molecule has 0 aliphatic heterocycles. The van der Waals surface area contributed by atoms with Crippen LogP contribution in [0, 0.1) is 5.82 Å². The van der Waals surface area contributed by atoms with E-state index in [0.717, 1.165) is 12.8 Å². The topological polar surface area (TPSA) is 50.4 Å². The summed E-state index contributed by atoms with van der Waals surface area (Å²) in [6, 6.07) is 5.07. The standard InChI is InChI=1S/C14H19ClFN3/c1-3-8(2)18-14(17)19-12-7-9(12)13-10(15)5-4-6-11(13)16/h4-6,8-9,12H,3,7H2,1-2H3,(H3,17,18,19)/t8?,9-,12-/m1/s1. The summed E-state index contributed by atoms with van der Waals surface area (Å²) in [5.74, 6) is 0.212. The van der Waals surface area contributed by atoms with Crippen molar-refractivity contribution in [2.45, 2.75) is 44.7 Å². The minimum Gasteiger partial charge on any atom is -0.370 e. The second kappa shape index (κ2) is 5.78. The first-order chi connectivity index (χ1) is 9.02. The highest BCUT2D eigenvalue weighted by Crippen LogP contribution is 2.46. The fourth-order valence-electron chi connectivity index (χ4n) is 2.07. The fraction of sp³-hybridized carbons (Fsp3) is 0.500. The molecule has 0 radical (unpaired) electrons. The average molecular weight is 284 g/mol. The van der Waals surface area contributed by atoms with Crippen molar-refractivity contribution in [3.05, 3.63) is 34.6 Å². The Bertz CT molecular complexity index is 469. The summed E-state index contributed by atoms with van der Waals surface area (Å²) in [6.45, 7) is 4.12. The summed E-state index contributed by atoms with van der Waals surface area (Å²) < 4.78 is 13.7. The smallest absolute Gasteiger partial charge is 0.189 e. The van der Waals surface area contributed by atoms with E-state index in [1.54, 1.807) is 12.1 Å². The molecule has 1 aliphatic rings. The molecule has 0 aromatic heterocycles. The van der Waals surface area contributed by atoms with Crippen LogP contribution in [0.25, 0.3) is 0 Å². The number of rotatable bonds is 4. The average Bonchev–Trinajstić information content (AvgIpc) is 3.07. The number of nitrogens with zero attached hydrogens (tertiary/aromatic N) is 1. The zero-order valence-electron chi connectivity index (χ0n) is 11.2. The molecule has 1 aromatic carbocycles. The third-order valence-electron chi connectivity index (χ3n) is 3.44. The molecular weight excluding hydrogens is 265 g/mol. The van der Waals surface area contributed by atoms with Gasteiger partial charge in [-0.05, 0) is 31.9 Å². The van der Waals surface area contributed by atoms with Gasteiger partial charge in [0.05, 0.1) is 6.04 Å². The number of aliphatic imine (C=N–C) groups is 1. The van der Waals surface area contributed by atoms with E-state index in [9.17, 15) is 4.39 Å². The number of nitrogens with one attached hydrogen (secondary N) is 1. The Labute approximate surface area is 118 Å². The van der Waals surface area contributed by atoms with Crippen molar-refractivity contribution in [2.75, 3.05) is 0 Å². The summed E-state index contributed by atoms with van der Waals surface area (Å²) in [5, 5.41) is 3.57. The number of hydrogen-bond donors (Lipinski definition) is 2. The van der Waals surface area contributed by atoms with Crippen molar-refractivity contribution in [1.29, 1.82) is 0 Å². The largest absolute Gasteiger partial charge is 0.370 e. The van der Waals surface area contributed by atoms with Gasteiger partial charge in [-0.25, -0.2) is 9.38 Å². The van der Waals surface area contributed by atoms with Crippen molar-refractivity contribution in [2.24, 2.45) is 10.7 Å². The Kier molecular flexibility index (Phi) is 4.30. The molecule has 0 spiro atoms. The number of guanidine groups is 1. The predicted molar refractivity (Wildman–Crippen MR) is 77.1 cm³/mol. The van der Waals surface area contributed by atoms with Crippen molar-refractivity contribution in [3.63, 3.8) is 0 Å². The second-order valence-electron chi connectivity index (χ2n) is 5.01. The molecule has 1 unspecified atom stereocenters. The van der Waals surface area contributed by atoms with Gasteiger partial charge in [-0.3, -0.25) is 0 Å². The molecule has 0 bridgehead atoms. The van der Waals surface area contributed by atoms with Gasteiger partial charge >= 0.3 is 0 Å². The van der Waals surface area contributed by atoms with Crippen LogP contribution in [0.4, 0.5) is 4.39 Å². The molecule has 5 heteroatoms. The van der Waals surface area contributed by atoms with Gasteiger partial charge in [0.1, 0.15) is 5.82 Å². The number of hydrogen-bond acceptors (Lipinski definition) is 1.